The zero-order valence-corrected chi connectivity index (χ0v) is 22.5. The summed E-state index contributed by atoms with van der Waals surface area (Å²) in [4.78, 5) is 9.02. The molecule has 0 spiro atoms. The maximum atomic E-state index is 14.6. The summed E-state index contributed by atoms with van der Waals surface area (Å²) >= 11 is 12.0. The molecule has 4 aromatic rings. The lowest BCUT2D eigenvalue weighted by atomic mass is 9.92. The SMILES string of the molecule is Cc1nc([C@@H]2O[C@H](CO)[C@H](O)[C@H](n3cc(-c4ccc(Cl)c(F)c4F)cn3)[C@H]2O)n(-c2cc(Cl)cnc2C2CC2)n1. The van der Waals surface area contributed by atoms with Crippen LogP contribution in [0.1, 0.15) is 48.2 Å². The molecule has 1 saturated heterocycles. The molecule has 0 radical (unpaired) electrons. The van der Waals surface area contributed by atoms with Crippen molar-refractivity contribution in [3.8, 4) is 16.8 Å². The average molecular weight is 593 g/mol. The summed E-state index contributed by atoms with van der Waals surface area (Å²) in [6, 6.07) is 3.08. The van der Waals surface area contributed by atoms with Crippen molar-refractivity contribution in [3.63, 3.8) is 0 Å². The van der Waals surface area contributed by atoms with Gasteiger partial charge in [-0.05, 0) is 38.0 Å². The maximum absolute atomic E-state index is 14.6. The first-order valence-corrected chi connectivity index (χ1v) is 13.3. The number of rotatable bonds is 6. The standard InChI is InChI=1S/C26H24Cl2F2N6O4/c1-11-33-26(36(34-11)17-6-14(27)8-31-21(17)12-2-3-12)25-24(39)22(23(38)18(10-37)40-25)35-9-13(7-32-35)15-4-5-16(28)20(30)19(15)29/h4-9,12,18,22-25,37-39H,2-3,10H2,1H3/t18-,22+,23+,24-,25-/m1/s1. The van der Waals surface area contributed by atoms with Crippen LogP contribution in [0, 0.1) is 18.6 Å². The van der Waals surface area contributed by atoms with E-state index < -0.39 is 48.7 Å². The number of pyridine rings is 1. The number of halogens is 4. The quantitative estimate of drug-likeness (QED) is 0.289. The Morgan fingerprint density at radius 1 is 1.10 bits per heavy atom. The monoisotopic (exact) mass is 592 g/mol. The van der Waals surface area contributed by atoms with Crippen molar-refractivity contribution in [2.24, 2.45) is 0 Å². The van der Waals surface area contributed by atoms with E-state index in [0.717, 1.165) is 18.5 Å². The van der Waals surface area contributed by atoms with E-state index in [4.69, 9.17) is 27.9 Å². The summed E-state index contributed by atoms with van der Waals surface area (Å²) in [5, 5.41) is 41.4. The van der Waals surface area contributed by atoms with E-state index in [1.54, 1.807) is 19.2 Å². The second-order valence-corrected chi connectivity index (χ2v) is 10.8. The summed E-state index contributed by atoms with van der Waals surface area (Å²) in [6.07, 6.45) is 0.961. The zero-order valence-electron chi connectivity index (χ0n) is 21.0. The number of aromatic nitrogens is 6. The molecule has 1 aromatic carbocycles. The van der Waals surface area contributed by atoms with Crippen LogP contribution < -0.4 is 0 Å². The summed E-state index contributed by atoms with van der Waals surface area (Å²) in [5.74, 6) is -1.52. The maximum Gasteiger partial charge on any atom is 0.178 e. The van der Waals surface area contributed by atoms with Crippen molar-refractivity contribution in [3.05, 3.63) is 75.8 Å². The molecule has 3 N–H and O–H groups in total. The lowest BCUT2D eigenvalue weighted by Crippen LogP contribution is -2.53. The highest BCUT2D eigenvalue weighted by molar-refractivity contribution is 6.31. The highest BCUT2D eigenvalue weighted by atomic mass is 35.5. The fourth-order valence-electron chi connectivity index (χ4n) is 5.09. The zero-order chi connectivity index (χ0) is 28.3. The van der Waals surface area contributed by atoms with Crippen LogP contribution >= 0.6 is 23.2 Å². The number of benzene rings is 1. The molecule has 0 amide bonds. The molecule has 0 bridgehead atoms. The molecule has 5 atom stereocenters. The Kier molecular flexibility index (Phi) is 7.09. The van der Waals surface area contributed by atoms with Gasteiger partial charge >= 0.3 is 0 Å². The number of ether oxygens (including phenoxy) is 1. The Balaban J connectivity index is 1.40. The highest BCUT2D eigenvalue weighted by Gasteiger charge is 2.48. The molecule has 4 heterocycles. The van der Waals surface area contributed by atoms with Crippen LogP contribution in [-0.2, 0) is 4.74 Å². The van der Waals surface area contributed by atoms with Crippen LogP contribution in [0.25, 0.3) is 16.8 Å². The summed E-state index contributed by atoms with van der Waals surface area (Å²) < 4.78 is 37.4. The molecule has 1 aliphatic heterocycles. The van der Waals surface area contributed by atoms with E-state index >= 15 is 0 Å². The third-order valence-corrected chi connectivity index (χ3v) is 7.69. The lowest BCUT2D eigenvalue weighted by Gasteiger charge is -2.41. The predicted octanol–water partition coefficient (Wildman–Crippen LogP) is 3.69. The Hall–Kier alpha value is -3.00. The van der Waals surface area contributed by atoms with E-state index in [9.17, 15) is 24.1 Å². The minimum absolute atomic E-state index is 0.101. The molecule has 6 rings (SSSR count). The second kappa shape index (κ2) is 10.4. The van der Waals surface area contributed by atoms with Gasteiger partial charge in [-0.25, -0.2) is 18.4 Å². The molecular formula is C26H24Cl2F2N6O4. The van der Waals surface area contributed by atoms with Gasteiger partial charge in [0.25, 0.3) is 0 Å². The van der Waals surface area contributed by atoms with E-state index in [-0.39, 0.29) is 27.9 Å². The summed E-state index contributed by atoms with van der Waals surface area (Å²) in [6.45, 7) is 1.10. The van der Waals surface area contributed by atoms with Gasteiger partial charge in [-0.3, -0.25) is 9.67 Å². The molecular weight excluding hydrogens is 569 g/mol. The molecule has 1 saturated carbocycles. The molecule has 3 aromatic heterocycles. The summed E-state index contributed by atoms with van der Waals surface area (Å²) in [7, 11) is 0. The van der Waals surface area contributed by atoms with Crippen molar-refractivity contribution < 1.29 is 28.8 Å². The third-order valence-electron chi connectivity index (χ3n) is 7.19. The number of aliphatic hydroxyl groups excluding tert-OH is 3. The number of hydrogen-bond donors (Lipinski definition) is 3. The molecule has 210 valence electrons. The minimum atomic E-state index is -1.45. The predicted molar refractivity (Wildman–Crippen MR) is 139 cm³/mol. The third kappa shape index (κ3) is 4.68. The van der Waals surface area contributed by atoms with Crippen molar-refractivity contribution in [2.45, 2.75) is 56.1 Å². The van der Waals surface area contributed by atoms with Gasteiger partial charge in [-0.2, -0.15) is 10.2 Å². The molecule has 2 aliphatic rings. The van der Waals surface area contributed by atoms with Crippen molar-refractivity contribution in [1.29, 1.82) is 0 Å². The Bertz CT molecular complexity index is 1580. The fourth-order valence-corrected chi connectivity index (χ4v) is 5.39. The van der Waals surface area contributed by atoms with Gasteiger partial charge in [-0.15, -0.1) is 0 Å². The van der Waals surface area contributed by atoms with Gasteiger partial charge < -0.3 is 20.1 Å². The minimum Gasteiger partial charge on any atom is -0.394 e. The van der Waals surface area contributed by atoms with Gasteiger partial charge in [0.05, 0.1) is 34.2 Å². The van der Waals surface area contributed by atoms with Gasteiger partial charge in [-0.1, -0.05) is 23.2 Å². The smallest absolute Gasteiger partial charge is 0.178 e. The van der Waals surface area contributed by atoms with Gasteiger partial charge in [0.1, 0.15) is 36.3 Å². The largest absolute Gasteiger partial charge is 0.394 e. The first-order chi connectivity index (χ1) is 19.2. The van der Waals surface area contributed by atoms with Gasteiger partial charge in [0.2, 0.25) is 0 Å². The van der Waals surface area contributed by atoms with Crippen LogP contribution in [0.5, 0.6) is 0 Å². The second-order valence-electron chi connectivity index (χ2n) is 9.94. The van der Waals surface area contributed by atoms with Crippen LogP contribution in [0.3, 0.4) is 0 Å². The normalized spacial score (nSPS) is 24.9. The van der Waals surface area contributed by atoms with Crippen LogP contribution in [0.4, 0.5) is 8.78 Å². The van der Waals surface area contributed by atoms with E-state index in [1.165, 1.54) is 33.9 Å². The first kappa shape index (κ1) is 27.2. The van der Waals surface area contributed by atoms with Crippen LogP contribution in [0.15, 0.2) is 36.8 Å². The van der Waals surface area contributed by atoms with E-state index in [2.05, 4.69) is 20.2 Å². The number of aliphatic hydroxyl groups is 3. The van der Waals surface area contributed by atoms with E-state index in [1.807, 2.05) is 0 Å². The number of aryl methyl sites for hydroxylation is 1. The first-order valence-electron chi connectivity index (χ1n) is 12.6. The number of hydrogen-bond acceptors (Lipinski definition) is 8. The Morgan fingerprint density at radius 2 is 1.88 bits per heavy atom. The Morgan fingerprint density at radius 3 is 2.60 bits per heavy atom. The van der Waals surface area contributed by atoms with Crippen LogP contribution in [0.2, 0.25) is 10.0 Å². The number of nitrogens with zero attached hydrogens (tertiary/aromatic N) is 6. The average Bonchev–Trinajstić information content (AvgIpc) is 3.54. The van der Waals surface area contributed by atoms with Crippen molar-refractivity contribution in [2.75, 3.05) is 6.61 Å². The van der Waals surface area contributed by atoms with E-state index in [0.29, 0.717) is 16.5 Å². The highest BCUT2D eigenvalue weighted by Crippen LogP contribution is 2.44. The van der Waals surface area contributed by atoms with Crippen molar-refractivity contribution in [1.82, 2.24) is 29.5 Å². The topological polar surface area (TPSA) is 131 Å². The summed E-state index contributed by atoms with van der Waals surface area (Å²) in [5.41, 5.74) is 1.46. The molecule has 10 nitrogen and oxygen atoms in total. The van der Waals surface area contributed by atoms with Crippen molar-refractivity contribution >= 4 is 23.2 Å². The molecule has 2 fully saturated rings. The fraction of sp³-hybridized carbons (Fsp3) is 0.385. The Labute approximate surface area is 236 Å². The molecule has 14 heteroatoms. The molecule has 0 unspecified atom stereocenters. The van der Waals surface area contributed by atoms with Gasteiger partial charge in [0, 0.05) is 29.4 Å². The van der Waals surface area contributed by atoms with Crippen LogP contribution in [-0.4, -0.2) is 69.8 Å². The lowest BCUT2D eigenvalue weighted by molar-refractivity contribution is -0.210. The van der Waals surface area contributed by atoms with Gasteiger partial charge in [0.15, 0.2) is 17.5 Å². The molecule has 1 aliphatic carbocycles. The molecule has 40 heavy (non-hydrogen) atoms.